The molecule has 31 heavy (non-hydrogen) atoms. The Morgan fingerprint density at radius 2 is 1.48 bits per heavy atom. The van der Waals surface area contributed by atoms with Crippen LogP contribution in [-0.2, 0) is 4.79 Å². The summed E-state index contributed by atoms with van der Waals surface area (Å²) in [6.45, 7) is 2.17. The molecule has 1 saturated carbocycles. The Kier molecular flexibility index (Phi) is 5.42. The van der Waals surface area contributed by atoms with E-state index in [0.717, 1.165) is 44.5 Å². The van der Waals surface area contributed by atoms with Gasteiger partial charge in [-0.25, -0.2) is 8.78 Å². The van der Waals surface area contributed by atoms with E-state index in [2.05, 4.69) is 15.1 Å². The van der Waals surface area contributed by atoms with Gasteiger partial charge in [0.15, 0.2) is 0 Å². The van der Waals surface area contributed by atoms with Crippen molar-refractivity contribution in [2.45, 2.75) is 56.0 Å². The third-order valence-electron chi connectivity index (χ3n) is 7.60. The molecular weight excluding hydrogens is 396 g/mol. The first-order valence-electron chi connectivity index (χ1n) is 11.4. The molecule has 3 fully saturated rings. The predicted octanol–water partition coefficient (Wildman–Crippen LogP) is 4.42. The van der Waals surface area contributed by atoms with Crippen molar-refractivity contribution in [3.05, 3.63) is 65.7 Å². The lowest BCUT2D eigenvalue weighted by Crippen LogP contribution is -2.58. The molecule has 3 aliphatic rings. The average molecular weight is 426 g/mol. The van der Waals surface area contributed by atoms with E-state index in [0.29, 0.717) is 18.6 Å². The Bertz CT molecular complexity index is 923. The highest BCUT2D eigenvalue weighted by Crippen LogP contribution is 2.41. The Morgan fingerprint density at radius 3 is 2.16 bits per heavy atom. The minimum absolute atomic E-state index is 0.0789. The average Bonchev–Trinajstić information content (AvgIpc) is 3.11. The summed E-state index contributed by atoms with van der Waals surface area (Å²) in [6, 6.07) is 13.9. The lowest BCUT2D eigenvalue weighted by molar-refractivity contribution is -0.125. The molecule has 0 unspecified atom stereocenters. The van der Waals surface area contributed by atoms with E-state index < -0.39 is 5.54 Å². The Balaban J connectivity index is 1.34. The number of benzene rings is 2. The van der Waals surface area contributed by atoms with Crippen molar-refractivity contribution >= 4 is 11.6 Å². The first-order valence-corrected chi connectivity index (χ1v) is 11.4. The van der Waals surface area contributed by atoms with Crippen molar-refractivity contribution in [1.29, 1.82) is 0 Å². The van der Waals surface area contributed by atoms with Crippen molar-refractivity contribution in [3.8, 4) is 0 Å². The highest BCUT2D eigenvalue weighted by molar-refractivity contribution is 5.93. The van der Waals surface area contributed by atoms with Gasteiger partial charge in [0.25, 0.3) is 0 Å². The SMILES string of the molecule is O=C1NCN(c2ccc(F)cc2)C12CCN([C@@H]1CCCC[C@@H]1c1ccc(F)cc1)CC2. The third kappa shape index (κ3) is 3.71. The second kappa shape index (κ2) is 8.23. The summed E-state index contributed by atoms with van der Waals surface area (Å²) in [7, 11) is 0. The van der Waals surface area contributed by atoms with E-state index in [1.165, 1.54) is 30.5 Å². The summed E-state index contributed by atoms with van der Waals surface area (Å²) in [6.07, 6.45) is 6.19. The van der Waals surface area contributed by atoms with Crippen LogP contribution in [0.4, 0.5) is 14.5 Å². The fourth-order valence-corrected chi connectivity index (χ4v) is 5.92. The topological polar surface area (TPSA) is 35.6 Å². The van der Waals surface area contributed by atoms with Gasteiger partial charge in [0.1, 0.15) is 17.2 Å². The molecule has 0 aromatic heterocycles. The number of nitrogens with one attached hydrogen (secondary N) is 1. The Labute approximate surface area is 182 Å². The molecule has 0 bridgehead atoms. The van der Waals surface area contributed by atoms with Gasteiger partial charge in [-0.3, -0.25) is 9.69 Å². The molecule has 1 spiro atoms. The van der Waals surface area contributed by atoms with Gasteiger partial charge in [0, 0.05) is 24.8 Å². The lowest BCUT2D eigenvalue weighted by Gasteiger charge is -2.48. The zero-order chi connectivity index (χ0) is 21.4. The highest BCUT2D eigenvalue weighted by atomic mass is 19.1. The largest absolute Gasteiger partial charge is 0.339 e. The third-order valence-corrected chi connectivity index (χ3v) is 7.60. The van der Waals surface area contributed by atoms with Crippen LogP contribution in [0.2, 0.25) is 0 Å². The molecular formula is C25H29F2N3O. The van der Waals surface area contributed by atoms with Gasteiger partial charge in [-0.1, -0.05) is 25.0 Å². The van der Waals surface area contributed by atoms with Crippen LogP contribution in [0.3, 0.4) is 0 Å². The number of carbonyl (C=O) groups excluding carboxylic acids is 1. The zero-order valence-corrected chi connectivity index (χ0v) is 17.7. The lowest BCUT2D eigenvalue weighted by atomic mass is 9.77. The number of rotatable bonds is 3. The molecule has 4 nitrogen and oxygen atoms in total. The van der Waals surface area contributed by atoms with Crippen LogP contribution in [0.5, 0.6) is 0 Å². The summed E-state index contributed by atoms with van der Waals surface area (Å²) >= 11 is 0. The normalized spacial score (nSPS) is 26.3. The monoisotopic (exact) mass is 425 g/mol. The van der Waals surface area contributed by atoms with Crippen LogP contribution >= 0.6 is 0 Å². The molecule has 2 heterocycles. The van der Waals surface area contributed by atoms with Gasteiger partial charge in [-0.2, -0.15) is 0 Å². The number of piperidine rings is 1. The van der Waals surface area contributed by atoms with Crippen LogP contribution < -0.4 is 10.2 Å². The summed E-state index contributed by atoms with van der Waals surface area (Å²) in [5.41, 5.74) is 1.54. The minimum Gasteiger partial charge on any atom is -0.339 e. The van der Waals surface area contributed by atoms with E-state index in [-0.39, 0.29) is 17.5 Å². The number of amides is 1. The predicted molar refractivity (Wildman–Crippen MR) is 117 cm³/mol. The number of hydrogen-bond donors (Lipinski definition) is 1. The van der Waals surface area contributed by atoms with E-state index in [4.69, 9.17) is 0 Å². The molecule has 2 aliphatic heterocycles. The highest BCUT2D eigenvalue weighted by Gasteiger charge is 2.51. The van der Waals surface area contributed by atoms with Crippen molar-refractivity contribution in [2.75, 3.05) is 24.7 Å². The second-order valence-corrected chi connectivity index (χ2v) is 9.15. The van der Waals surface area contributed by atoms with Crippen molar-refractivity contribution in [3.63, 3.8) is 0 Å². The van der Waals surface area contributed by atoms with E-state index in [1.54, 1.807) is 24.3 Å². The molecule has 2 saturated heterocycles. The van der Waals surface area contributed by atoms with E-state index in [1.807, 2.05) is 12.1 Å². The molecule has 2 atom stereocenters. The fourth-order valence-electron chi connectivity index (χ4n) is 5.92. The maximum atomic E-state index is 13.4. The molecule has 1 amide bonds. The zero-order valence-electron chi connectivity index (χ0n) is 17.7. The number of halogens is 2. The van der Waals surface area contributed by atoms with E-state index >= 15 is 0 Å². The Morgan fingerprint density at radius 1 is 0.871 bits per heavy atom. The molecule has 2 aromatic rings. The Hall–Kier alpha value is -2.47. The summed E-state index contributed by atoms with van der Waals surface area (Å²) in [5, 5.41) is 3.02. The van der Waals surface area contributed by atoms with Gasteiger partial charge in [-0.05, 0) is 73.6 Å². The fraction of sp³-hybridized carbons (Fsp3) is 0.480. The van der Waals surface area contributed by atoms with Gasteiger partial charge in [-0.15, -0.1) is 0 Å². The quantitative estimate of drug-likeness (QED) is 0.791. The van der Waals surface area contributed by atoms with Crippen molar-refractivity contribution < 1.29 is 13.6 Å². The molecule has 1 aliphatic carbocycles. The summed E-state index contributed by atoms with van der Waals surface area (Å²) < 4.78 is 26.8. The smallest absolute Gasteiger partial charge is 0.247 e. The van der Waals surface area contributed by atoms with Crippen LogP contribution in [0, 0.1) is 11.6 Å². The molecule has 1 N–H and O–H groups in total. The standard InChI is InChI=1S/C25H29F2N3O/c26-19-7-5-18(6-8-19)22-3-1-2-4-23(22)29-15-13-25(14-16-29)24(31)28-17-30(25)21-11-9-20(27)10-12-21/h5-12,22-23H,1-4,13-17H2,(H,28,31)/t22-,23-/m1/s1. The van der Waals surface area contributed by atoms with Gasteiger partial charge in [0.05, 0.1) is 6.67 Å². The first-order chi connectivity index (χ1) is 15.1. The van der Waals surface area contributed by atoms with Crippen LogP contribution in [0.15, 0.2) is 48.5 Å². The number of carbonyl (C=O) groups is 1. The molecule has 2 aromatic carbocycles. The maximum absolute atomic E-state index is 13.4. The van der Waals surface area contributed by atoms with Gasteiger partial charge in [0.2, 0.25) is 5.91 Å². The van der Waals surface area contributed by atoms with Crippen LogP contribution in [0.1, 0.15) is 50.0 Å². The molecule has 0 radical (unpaired) electrons. The molecule has 5 rings (SSSR count). The molecule has 164 valence electrons. The van der Waals surface area contributed by atoms with Crippen LogP contribution in [0.25, 0.3) is 0 Å². The second-order valence-electron chi connectivity index (χ2n) is 9.15. The number of nitrogens with zero attached hydrogens (tertiary/aromatic N) is 2. The number of likely N-dealkylation sites (tertiary alicyclic amines) is 1. The number of anilines is 1. The number of hydrogen-bond acceptors (Lipinski definition) is 3. The van der Waals surface area contributed by atoms with Crippen molar-refractivity contribution in [2.24, 2.45) is 0 Å². The minimum atomic E-state index is -0.561. The van der Waals surface area contributed by atoms with Crippen LogP contribution in [-0.4, -0.2) is 42.1 Å². The van der Waals surface area contributed by atoms with Gasteiger partial charge < -0.3 is 10.2 Å². The van der Waals surface area contributed by atoms with Gasteiger partial charge >= 0.3 is 0 Å². The summed E-state index contributed by atoms with van der Waals surface area (Å²) in [4.78, 5) is 17.6. The van der Waals surface area contributed by atoms with E-state index in [9.17, 15) is 13.6 Å². The maximum Gasteiger partial charge on any atom is 0.247 e. The molecule has 6 heteroatoms. The van der Waals surface area contributed by atoms with Crippen molar-refractivity contribution in [1.82, 2.24) is 10.2 Å². The first kappa shape index (κ1) is 20.4. The summed E-state index contributed by atoms with van der Waals surface area (Å²) in [5.74, 6) is 0.0311.